The number of hydrogen-bond acceptors (Lipinski definition) is 4. The molecule has 142 valence electrons. The second-order valence-corrected chi connectivity index (χ2v) is 7.67. The average Bonchev–Trinajstić information content (AvgIpc) is 2.60. The van der Waals surface area contributed by atoms with Crippen molar-refractivity contribution in [3.63, 3.8) is 0 Å². The molecule has 1 aliphatic heterocycles. The first-order chi connectivity index (χ1) is 12.8. The zero-order valence-electron chi connectivity index (χ0n) is 16.0. The van der Waals surface area contributed by atoms with Crippen LogP contribution in [0.1, 0.15) is 38.3 Å². The summed E-state index contributed by atoms with van der Waals surface area (Å²) in [5.74, 6) is -0.427. The van der Waals surface area contributed by atoms with E-state index in [0.717, 1.165) is 11.1 Å². The molecule has 1 aliphatic rings. The Morgan fingerprint density at radius 1 is 1.00 bits per heavy atom. The van der Waals surface area contributed by atoms with E-state index < -0.39 is 23.2 Å². The minimum Gasteiger partial charge on any atom is -0.458 e. The number of amides is 1. The van der Waals surface area contributed by atoms with Gasteiger partial charge in [-0.1, -0.05) is 60.7 Å². The molecule has 5 nitrogen and oxygen atoms in total. The molecular formula is C22H25NO4. The maximum Gasteiger partial charge on any atom is 0.411 e. The van der Waals surface area contributed by atoms with Gasteiger partial charge in [0.1, 0.15) is 12.2 Å². The molecule has 2 aromatic rings. The molecule has 0 unspecified atom stereocenters. The minimum atomic E-state index is -1.14. The molecule has 27 heavy (non-hydrogen) atoms. The molecule has 1 amide bonds. The number of likely N-dealkylation sites (tertiary alicyclic amines) is 1. The molecule has 1 saturated heterocycles. The summed E-state index contributed by atoms with van der Waals surface area (Å²) in [7, 11) is 0. The third-order valence-electron chi connectivity index (χ3n) is 4.57. The summed E-state index contributed by atoms with van der Waals surface area (Å²) in [5, 5.41) is 0. The highest BCUT2D eigenvalue weighted by Crippen LogP contribution is 2.43. The number of nitrogens with zero attached hydrogens (tertiary/aromatic N) is 1. The van der Waals surface area contributed by atoms with Gasteiger partial charge in [0.15, 0.2) is 5.54 Å². The van der Waals surface area contributed by atoms with Crippen LogP contribution >= 0.6 is 0 Å². The van der Waals surface area contributed by atoms with Crippen molar-refractivity contribution in [2.75, 3.05) is 6.54 Å². The van der Waals surface area contributed by atoms with Gasteiger partial charge in [-0.25, -0.2) is 9.59 Å². The van der Waals surface area contributed by atoms with E-state index in [2.05, 4.69) is 0 Å². The van der Waals surface area contributed by atoms with Crippen LogP contribution < -0.4 is 0 Å². The van der Waals surface area contributed by atoms with Crippen LogP contribution in [0, 0.1) is 0 Å². The lowest BCUT2D eigenvalue weighted by Gasteiger charge is -2.50. The molecule has 2 aromatic carbocycles. The Balaban J connectivity index is 1.83. The summed E-state index contributed by atoms with van der Waals surface area (Å²) in [4.78, 5) is 27.3. The first kappa shape index (κ1) is 19.0. The van der Waals surface area contributed by atoms with Crippen molar-refractivity contribution in [2.24, 2.45) is 0 Å². The number of rotatable bonds is 4. The fraction of sp³-hybridized carbons (Fsp3) is 0.364. The zero-order chi connectivity index (χ0) is 19.5. The first-order valence-electron chi connectivity index (χ1n) is 9.10. The van der Waals surface area contributed by atoms with Gasteiger partial charge in [0.2, 0.25) is 0 Å². The third kappa shape index (κ3) is 3.97. The van der Waals surface area contributed by atoms with Crippen LogP contribution in [0.5, 0.6) is 0 Å². The summed E-state index contributed by atoms with van der Waals surface area (Å²) in [5.41, 5.74) is -0.146. The van der Waals surface area contributed by atoms with Crippen molar-refractivity contribution in [1.29, 1.82) is 0 Å². The van der Waals surface area contributed by atoms with Crippen molar-refractivity contribution < 1.29 is 19.1 Å². The van der Waals surface area contributed by atoms with Crippen LogP contribution in [0.15, 0.2) is 60.7 Å². The first-order valence-corrected chi connectivity index (χ1v) is 9.10. The van der Waals surface area contributed by atoms with Gasteiger partial charge >= 0.3 is 12.1 Å². The second-order valence-electron chi connectivity index (χ2n) is 7.67. The molecular weight excluding hydrogens is 342 g/mol. The van der Waals surface area contributed by atoms with Crippen molar-refractivity contribution in [3.05, 3.63) is 71.8 Å². The van der Waals surface area contributed by atoms with E-state index in [1.165, 1.54) is 4.90 Å². The molecule has 1 atom stereocenters. The largest absolute Gasteiger partial charge is 0.458 e. The van der Waals surface area contributed by atoms with E-state index >= 15 is 0 Å². The molecule has 0 radical (unpaired) electrons. The smallest absolute Gasteiger partial charge is 0.411 e. The number of hydrogen-bond donors (Lipinski definition) is 0. The van der Waals surface area contributed by atoms with Crippen LogP contribution in [0.2, 0.25) is 0 Å². The van der Waals surface area contributed by atoms with Crippen LogP contribution in [-0.2, 0) is 26.4 Å². The summed E-state index contributed by atoms with van der Waals surface area (Å²) in [6, 6.07) is 18.8. The van der Waals surface area contributed by atoms with E-state index in [0.29, 0.717) is 13.0 Å². The summed E-state index contributed by atoms with van der Waals surface area (Å²) < 4.78 is 11.1. The Hall–Kier alpha value is -2.82. The lowest BCUT2D eigenvalue weighted by molar-refractivity contribution is -0.179. The molecule has 1 fully saturated rings. The molecule has 1 heterocycles. The van der Waals surface area contributed by atoms with Gasteiger partial charge < -0.3 is 9.47 Å². The quantitative estimate of drug-likeness (QED) is 0.758. The van der Waals surface area contributed by atoms with Gasteiger partial charge in [0.05, 0.1) is 0 Å². The van der Waals surface area contributed by atoms with Crippen molar-refractivity contribution in [1.82, 2.24) is 4.90 Å². The monoisotopic (exact) mass is 367 g/mol. The summed E-state index contributed by atoms with van der Waals surface area (Å²) >= 11 is 0. The fourth-order valence-electron chi connectivity index (χ4n) is 3.20. The standard InChI is InChI=1S/C22H25NO4/c1-21(2,3)27-19(24)22(18-12-8-5-9-13-18)14-15-23(22)20(25)26-16-17-10-6-4-7-11-17/h4-13H,14-16H2,1-3H3/t22-/m0/s1. The molecule has 0 aromatic heterocycles. The number of benzene rings is 2. The predicted octanol–water partition coefficient (Wildman–Crippen LogP) is 4.27. The maximum atomic E-state index is 13.1. The summed E-state index contributed by atoms with van der Waals surface area (Å²) in [6.07, 6.45) is -0.00775. The summed E-state index contributed by atoms with van der Waals surface area (Å²) in [6.45, 7) is 6.07. The molecule has 0 aliphatic carbocycles. The molecule has 5 heteroatoms. The highest BCUT2D eigenvalue weighted by atomic mass is 16.6. The third-order valence-corrected chi connectivity index (χ3v) is 4.57. The van der Waals surface area contributed by atoms with Crippen molar-refractivity contribution in [2.45, 2.75) is 44.9 Å². The van der Waals surface area contributed by atoms with Crippen molar-refractivity contribution in [3.8, 4) is 0 Å². The van der Waals surface area contributed by atoms with Crippen LogP contribution in [0.4, 0.5) is 4.79 Å². The van der Waals surface area contributed by atoms with Gasteiger partial charge in [-0.2, -0.15) is 0 Å². The Labute approximate surface area is 159 Å². The van der Waals surface area contributed by atoms with Gasteiger partial charge in [-0.3, -0.25) is 4.90 Å². The van der Waals surface area contributed by atoms with E-state index in [9.17, 15) is 9.59 Å². The average molecular weight is 367 g/mol. The van der Waals surface area contributed by atoms with Gasteiger partial charge in [0.25, 0.3) is 0 Å². The Bertz CT molecular complexity index is 798. The lowest BCUT2D eigenvalue weighted by Crippen LogP contribution is -2.65. The predicted molar refractivity (Wildman–Crippen MR) is 102 cm³/mol. The zero-order valence-corrected chi connectivity index (χ0v) is 16.0. The highest BCUT2D eigenvalue weighted by Gasteiger charge is 2.57. The topological polar surface area (TPSA) is 55.8 Å². The normalized spacial score (nSPS) is 19.1. The van der Waals surface area contributed by atoms with E-state index in [1.807, 2.05) is 81.4 Å². The molecule has 0 saturated carbocycles. The minimum absolute atomic E-state index is 0.162. The van der Waals surface area contributed by atoms with Gasteiger partial charge in [0, 0.05) is 13.0 Å². The van der Waals surface area contributed by atoms with Crippen LogP contribution in [0.25, 0.3) is 0 Å². The van der Waals surface area contributed by atoms with Crippen molar-refractivity contribution >= 4 is 12.1 Å². The Morgan fingerprint density at radius 2 is 1.59 bits per heavy atom. The lowest BCUT2D eigenvalue weighted by atomic mass is 9.78. The molecule has 0 spiro atoms. The molecule has 3 rings (SSSR count). The molecule has 0 bridgehead atoms. The Morgan fingerprint density at radius 3 is 2.11 bits per heavy atom. The van der Waals surface area contributed by atoms with Gasteiger partial charge in [-0.15, -0.1) is 0 Å². The fourth-order valence-corrected chi connectivity index (χ4v) is 3.20. The van der Waals surface area contributed by atoms with Crippen LogP contribution in [-0.4, -0.2) is 29.1 Å². The van der Waals surface area contributed by atoms with E-state index in [4.69, 9.17) is 9.47 Å². The molecule has 0 N–H and O–H groups in total. The second kappa shape index (κ2) is 7.43. The van der Waals surface area contributed by atoms with Gasteiger partial charge in [-0.05, 0) is 31.9 Å². The number of carbonyl (C=O) groups excluding carboxylic acids is 2. The number of carbonyl (C=O) groups is 2. The Kier molecular flexibility index (Phi) is 5.22. The number of ether oxygens (including phenoxy) is 2. The SMILES string of the molecule is CC(C)(C)OC(=O)[C@@]1(c2ccccc2)CCN1C(=O)OCc1ccccc1. The number of esters is 1. The maximum absolute atomic E-state index is 13.1. The van der Waals surface area contributed by atoms with E-state index in [-0.39, 0.29) is 6.61 Å². The van der Waals surface area contributed by atoms with Crippen LogP contribution in [0.3, 0.4) is 0 Å². The van der Waals surface area contributed by atoms with E-state index in [1.54, 1.807) is 0 Å². The highest BCUT2D eigenvalue weighted by molar-refractivity contribution is 5.89.